The zero-order valence-electron chi connectivity index (χ0n) is 30.0. The van der Waals surface area contributed by atoms with E-state index in [-0.39, 0.29) is 0 Å². The zero-order chi connectivity index (χ0) is 36.4. The van der Waals surface area contributed by atoms with Crippen LogP contribution in [0.2, 0.25) is 0 Å². The Balaban J connectivity index is 1.16. The van der Waals surface area contributed by atoms with Crippen LogP contribution < -0.4 is 0 Å². The number of benzene rings is 7. The molecule has 0 aliphatic rings. The highest BCUT2D eigenvalue weighted by Gasteiger charge is 2.16. The van der Waals surface area contributed by atoms with E-state index in [1.54, 1.807) is 0 Å². The first-order chi connectivity index (χ1) is 26.5. The van der Waals surface area contributed by atoms with Crippen LogP contribution >= 0.6 is 0 Å². The molecule has 0 saturated carbocycles. The van der Waals surface area contributed by atoms with Gasteiger partial charge in [-0.3, -0.25) is 0 Å². The summed E-state index contributed by atoms with van der Waals surface area (Å²) >= 11 is 0. The maximum Gasteiger partial charge on any atom is 0.164 e. The monoisotopic (exact) mass is 693 g/mol. The first kappa shape index (κ1) is 32.8. The molecule has 0 aliphatic heterocycles. The molecule has 0 radical (unpaired) electrons. The minimum Gasteiger partial charge on any atom is -0.233 e. The molecule has 9 rings (SSSR count). The molecule has 5 heteroatoms. The van der Waals surface area contributed by atoms with Crippen molar-refractivity contribution in [1.29, 1.82) is 0 Å². The van der Waals surface area contributed by atoms with Crippen molar-refractivity contribution in [3.63, 3.8) is 0 Å². The molecule has 0 amide bonds. The topological polar surface area (TPSA) is 64.5 Å². The lowest BCUT2D eigenvalue weighted by molar-refractivity contribution is 1.06. The minimum atomic E-state index is 0.621. The Morgan fingerprint density at radius 2 is 0.685 bits per heavy atom. The van der Waals surface area contributed by atoms with E-state index in [1.165, 1.54) is 10.8 Å². The van der Waals surface area contributed by atoms with Gasteiger partial charge in [-0.15, -0.1) is 0 Å². The van der Waals surface area contributed by atoms with Crippen LogP contribution in [0.4, 0.5) is 0 Å². The van der Waals surface area contributed by atoms with E-state index in [2.05, 4.69) is 119 Å². The van der Waals surface area contributed by atoms with Crippen molar-refractivity contribution in [2.24, 2.45) is 0 Å². The van der Waals surface area contributed by atoms with E-state index in [4.69, 9.17) is 15.0 Å². The van der Waals surface area contributed by atoms with Gasteiger partial charge in [0.05, 0.1) is 0 Å². The summed E-state index contributed by atoms with van der Waals surface area (Å²) in [6, 6.07) is 61.1. The smallest absolute Gasteiger partial charge is 0.164 e. The summed E-state index contributed by atoms with van der Waals surface area (Å²) in [4.78, 5) is 24.4. The summed E-state index contributed by atoms with van der Waals surface area (Å²) in [7, 11) is 0. The summed E-state index contributed by atoms with van der Waals surface area (Å²) in [6.07, 6.45) is 0. The fraction of sp³-hybridized carbons (Fsp3) is 0.0408. The van der Waals surface area contributed by atoms with Crippen LogP contribution in [0.3, 0.4) is 0 Å². The van der Waals surface area contributed by atoms with Crippen LogP contribution in [0.15, 0.2) is 176 Å². The van der Waals surface area contributed by atoms with Gasteiger partial charge in [0.25, 0.3) is 0 Å². The van der Waals surface area contributed by atoms with Gasteiger partial charge in [-0.25, -0.2) is 24.9 Å². The molecule has 0 unspecified atom stereocenters. The van der Waals surface area contributed by atoms with Gasteiger partial charge in [-0.1, -0.05) is 152 Å². The number of rotatable bonds is 7. The van der Waals surface area contributed by atoms with Crippen molar-refractivity contribution >= 4 is 10.8 Å². The molecule has 2 heterocycles. The number of nitrogens with zero attached hydrogens (tertiary/aromatic N) is 5. The summed E-state index contributed by atoms with van der Waals surface area (Å²) in [5.41, 5.74) is 12.4. The number of hydrogen-bond donors (Lipinski definition) is 0. The molecule has 54 heavy (non-hydrogen) atoms. The number of fused-ring (bicyclic) bond motifs is 1. The lowest BCUT2D eigenvalue weighted by Crippen LogP contribution is -2.00. The normalized spacial score (nSPS) is 11.1. The molecule has 7 aromatic carbocycles. The Labute approximate surface area is 314 Å². The van der Waals surface area contributed by atoms with Crippen molar-refractivity contribution in [1.82, 2.24) is 24.9 Å². The first-order valence-electron chi connectivity index (χ1n) is 18.1. The van der Waals surface area contributed by atoms with Crippen molar-refractivity contribution in [2.45, 2.75) is 13.8 Å². The molecule has 0 fully saturated rings. The summed E-state index contributed by atoms with van der Waals surface area (Å²) in [5, 5.41) is 2.39. The molecule has 256 valence electrons. The molecule has 0 spiro atoms. The van der Waals surface area contributed by atoms with E-state index in [0.29, 0.717) is 17.5 Å². The van der Waals surface area contributed by atoms with Gasteiger partial charge in [-0.2, -0.15) is 0 Å². The highest BCUT2D eigenvalue weighted by molar-refractivity contribution is 5.98. The molecular formula is C49H35N5. The molecular weight excluding hydrogens is 659 g/mol. The Hall–Kier alpha value is -7.11. The standard InChI is InChI=1S/C49H35N5/c1-32-28-33(2)51-46(50-32)40-26-24-35(25-27-40)34-20-22-36(23-21-34)41-29-42(45-19-11-17-37-12-9-10-18-44(37)45)31-43(30-41)49-53-47(38-13-5-3-6-14-38)52-48(54-49)39-15-7-4-8-16-39/h3-31H,1-2H3. The molecule has 5 nitrogen and oxygen atoms in total. The predicted octanol–water partition coefficient (Wildman–Crippen LogP) is 12.1. The Morgan fingerprint density at radius 1 is 0.278 bits per heavy atom. The van der Waals surface area contributed by atoms with Crippen molar-refractivity contribution in [2.75, 3.05) is 0 Å². The van der Waals surface area contributed by atoms with Crippen LogP contribution in [0.1, 0.15) is 11.4 Å². The molecule has 0 atom stereocenters. The van der Waals surface area contributed by atoms with Crippen LogP contribution in [-0.2, 0) is 0 Å². The molecule has 2 aromatic heterocycles. The van der Waals surface area contributed by atoms with Crippen LogP contribution in [0.25, 0.3) is 89.7 Å². The van der Waals surface area contributed by atoms with Gasteiger partial charge < -0.3 is 0 Å². The molecule has 0 bridgehead atoms. The largest absolute Gasteiger partial charge is 0.233 e. The molecule has 0 saturated heterocycles. The van der Waals surface area contributed by atoms with E-state index < -0.39 is 0 Å². The van der Waals surface area contributed by atoms with Crippen molar-refractivity contribution < 1.29 is 0 Å². The SMILES string of the molecule is Cc1cc(C)nc(-c2ccc(-c3ccc(-c4cc(-c5nc(-c6ccccc6)nc(-c6ccccc6)n5)cc(-c5cccc6ccccc56)c4)cc3)cc2)n1. The Kier molecular flexibility index (Phi) is 8.58. The molecule has 0 aliphatic carbocycles. The van der Waals surface area contributed by atoms with Gasteiger partial charge in [-0.05, 0) is 82.3 Å². The Morgan fingerprint density at radius 3 is 1.28 bits per heavy atom. The lowest BCUT2D eigenvalue weighted by atomic mass is 9.92. The quantitative estimate of drug-likeness (QED) is 0.166. The van der Waals surface area contributed by atoms with Crippen LogP contribution in [0.5, 0.6) is 0 Å². The maximum absolute atomic E-state index is 5.09. The summed E-state index contributed by atoms with van der Waals surface area (Å²) in [6.45, 7) is 4.01. The average molecular weight is 694 g/mol. The van der Waals surface area contributed by atoms with Crippen molar-refractivity contribution in [3.05, 3.63) is 187 Å². The van der Waals surface area contributed by atoms with Gasteiger partial charge in [0.15, 0.2) is 23.3 Å². The lowest BCUT2D eigenvalue weighted by Gasteiger charge is -2.14. The number of aromatic nitrogens is 5. The van der Waals surface area contributed by atoms with Crippen LogP contribution in [0, 0.1) is 13.8 Å². The third kappa shape index (κ3) is 6.67. The highest BCUT2D eigenvalue weighted by atomic mass is 15.0. The second kappa shape index (κ2) is 14.1. The van der Waals surface area contributed by atoms with Gasteiger partial charge in [0.2, 0.25) is 0 Å². The summed E-state index contributed by atoms with van der Waals surface area (Å²) < 4.78 is 0. The van der Waals surface area contributed by atoms with E-state index in [9.17, 15) is 0 Å². The maximum atomic E-state index is 5.09. The third-order valence-corrected chi connectivity index (χ3v) is 9.67. The number of aryl methyl sites for hydroxylation is 2. The van der Waals surface area contributed by atoms with E-state index in [0.717, 1.165) is 72.8 Å². The zero-order valence-corrected chi connectivity index (χ0v) is 30.0. The predicted molar refractivity (Wildman–Crippen MR) is 220 cm³/mol. The second-order valence-electron chi connectivity index (χ2n) is 13.5. The van der Waals surface area contributed by atoms with Crippen LogP contribution in [-0.4, -0.2) is 24.9 Å². The van der Waals surface area contributed by atoms with Gasteiger partial charge in [0, 0.05) is 33.6 Å². The third-order valence-electron chi connectivity index (χ3n) is 9.67. The first-order valence-corrected chi connectivity index (χ1v) is 18.1. The minimum absolute atomic E-state index is 0.621. The molecule has 9 aromatic rings. The van der Waals surface area contributed by atoms with E-state index in [1.807, 2.05) is 80.6 Å². The fourth-order valence-corrected chi connectivity index (χ4v) is 7.02. The fourth-order valence-electron chi connectivity index (χ4n) is 7.02. The molecule has 0 N–H and O–H groups in total. The highest BCUT2D eigenvalue weighted by Crippen LogP contribution is 2.37. The van der Waals surface area contributed by atoms with Crippen molar-refractivity contribution in [3.8, 4) is 78.9 Å². The number of hydrogen-bond acceptors (Lipinski definition) is 5. The van der Waals surface area contributed by atoms with E-state index >= 15 is 0 Å². The van der Waals surface area contributed by atoms with Gasteiger partial charge in [0.1, 0.15) is 0 Å². The average Bonchev–Trinajstić information content (AvgIpc) is 3.23. The summed E-state index contributed by atoms with van der Waals surface area (Å²) in [5.74, 6) is 2.64. The Bertz CT molecular complexity index is 2680. The second-order valence-corrected chi connectivity index (χ2v) is 13.5. The van der Waals surface area contributed by atoms with Gasteiger partial charge >= 0.3 is 0 Å².